The molecule has 33 heavy (non-hydrogen) atoms. The summed E-state index contributed by atoms with van der Waals surface area (Å²) in [7, 11) is 1.64. The minimum atomic E-state index is -0.254. The van der Waals surface area contributed by atoms with Gasteiger partial charge in [-0.3, -0.25) is 9.59 Å². The molecule has 0 aliphatic carbocycles. The summed E-state index contributed by atoms with van der Waals surface area (Å²) in [6.45, 7) is 3.97. The first kappa shape index (κ1) is 24.1. The summed E-state index contributed by atoms with van der Waals surface area (Å²) in [5.74, 6) is 0.531. The van der Waals surface area contributed by atoms with Gasteiger partial charge in [0, 0.05) is 32.6 Å². The van der Waals surface area contributed by atoms with Crippen molar-refractivity contribution in [3.63, 3.8) is 0 Å². The minimum absolute atomic E-state index is 0.161. The zero-order valence-corrected chi connectivity index (χ0v) is 19.2. The molecule has 3 rings (SSSR count). The van der Waals surface area contributed by atoms with Crippen LogP contribution in [0.5, 0.6) is 5.75 Å². The summed E-state index contributed by atoms with van der Waals surface area (Å²) in [4.78, 5) is 36.9. The van der Waals surface area contributed by atoms with Crippen molar-refractivity contribution in [3.05, 3.63) is 53.1 Å². The topological polar surface area (TPSA) is 97.0 Å². The van der Waals surface area contributed by atoms with Gasteiger partial charge in [0.05, 0.1) is 13.7 Å². The Bertz CT molecular complexity index is 992. The summed E-state index contributed by atoms with van der Waals surface area (Å²) in [6.07, 6.45) is 2.19. The molecule has 8 nitrogen and oxygen atoms in total. The molecule has 2 N–H and O–H groups in total. The number of nitrogens with zero attached hydrogens (tertiary/aromatic N) is 1. The van der Waals surface area contributed by atoms with Crippen LogP contribution in [0.25, 0.3) is 11.1 Å². The van der Waals surface area contributed by atoms with Gasteiger partial charge < -0.3 is 25.0 Å². The molecule has 1 heterocycles. The van der Waals surface area contributed by atoms with E-state index in [2.05, 4.69) is 16.7 Å². The van der Waals surface area contributed by atoms with Gasteiger partial charge >= 0.3 is 12.0 Å². The lowest BCUT2D eigenvalue weighted by molar-refractivity contribution is -0.143. The van der Waals surface area contributed by atoms with Gasteiger partial charge in [-0.2, -0.15) is 0 Å². The summed E-state index contributed by atoms with van der Waals surface area (Å²) in [5, 5.41) is 5.63. The molecule has 0 spiro atoms. The van der Waals surface area contributed by atoms with Gasteiger partial charge in [0.25, 0.3) is 0 Å². The number of rotatable bonds is 10. The number of carbonyl (C=O) groups is 3. The van der Waals surface area contributed by atoms with Crippen molar-refractivity contribution in [1.82, 2.24) is 15.5 Å². The van der Waals surface area contributed by atoms with E-state index in [1.807, 2.05) is 30.3 Å². The van der Waals surface area contributed by atoms with E-state index in [4.69, 9.17) is 9.47 Å². The molecule has 0 atom stereocenters. The average molecular weight is 454 g/mol. The maximum atomic E-state index is 12.8. The van der Waals surface area contributed by atoms with Crippen molar-refractivity contribution < 1.29 is 23.9 Å². The molecule has 0 radical (unpaired) electrons. The van der Waals surface area contributed by atoms with E-state index in [0.717, 1.165) is 28.0 Å². The van der Waals surface area contributed by atoms with Gasteiger partial charge in [0.1, 0.15) is 5.75 Å². The number of fused-ring (bicyclic) bond motifs is 1. The minimum Gasteiger partial charge on any atom is -0.497 e. The van der Waals surface area contributed by atoms with E-state index in [0.29, 0.717) is 52.0 Å². The van der Waals surface area contributed by atoms with Gasteiger partial charge in [-0.25, -0.2) is 4.79 Å². The molecule has 3 amide bonds. The maximum Gasteiger partial charge on any atom is 0.317 e. The van der Waals surface area contributed by atoms with Crippen molar-refractivity contribution in [3.8, 4) is 16.9 Å². The Morgan fingerprint density at radius 3 is 2.79 bits per heavy atom. The van der Waals surface area contributed by atoms with Gasteiger partial charge in [-0.1, -0.05) is 24.3 Å². The van der Waals surface area contributed by atoms with E-state index >= 15 is 0 Å². The number of ether oxygens (including phenoxy) is 2. The number of amides is 3. The first-order chi connectivity index (χ1) is 16.1. The van der Waals surface area contributed by atoms with Gasteiger partial charge in [0.15, 0.2) is 0 Å². The molecule has 1 aliphatic heterocycles. The third-order valence-corrected chi connectivity index (χ3v) is 5.69. The molecule has 0 saturated heterocycles. The Morgan fingerprint density at radius 2 is 2.03 bits per heavy atom. The van der Waals surface area contributed by atoms with E-state index in [-0.39, 0.29) is 18.4 Å². The molecule has 0 bridgehead atoms. The number of benzene rings is 2. The first-order valence-electron chi connectivity index (χ1n) is 11.2. The van der Waals surface area contributed by atoms with Crippen molar-refractivity contribution in [2.24, 2.45) is 0 Å². The number of esters is 1. The Hall–Kier alpha value is -3.55. The predicted octanol–water partition coefficient (Wildman–Crippen LogP) is 3.02. The van der Waals surface area contributed by atoms with E-state index in [1.54, 1.807) is 18.9 Å². The third kappa shape index (κ3) is 6.25. The van der Waals surface area contributed by atoms with Crippen LogP contribution >= 0.6 is 0 Å². The highest BCUT2D eigenvalue weighted by Gasteiger charge is 2.25. The highest BCUT2D eigenvalue weighted by molar-refractivity contribution is 5.76. The first-order valence-corrected chi connectivity index (χ1v) is 11.2. The maximum absolute atomic E-state index is 12.8. The molecule has 176 valence electrons. The van der Waals surface area contributed by atoms with Crippen molar-refractivity contribution in [2.45, 2.75) is 39.3 Å². The fraction of sp³-hybridized carbons (Fsp3) is 0.400. The summed E-state index contributed by atoms with van der Waals surface area (Å²) < 4.78 is 10.3. The molecule has 1 aliphatic rings. The number of urea groups is 1. The number of hydrogen-bond donors (Lipinski definition) is 2. The van der Waals surface area contributed by atoms with Crippen LogP contribution in [0.2, 0.25) is 0 Å². The fourth-order valence-corrected chi connectivity index (χ4v) is 4.07. The zero-order chi connectivity index (χ0) is 23.6. The molecule has 0 saturated carbocycles. The Labute approximate surface area is 194 Å². The number of nitrogens with one attached hydrogen (secondary N) is 2. The van der Waals surface area contributed by atoms with Gasteiger partial charge in [-0.15, -0.1) is 0 Å². The highest BCUT2D eigenvalue weighted by Crippen LogP contribution is 2.34. The third-order valence-electron chi connectivity index (χ3n) is 5.69. The van der Waals surface area contributed by atoms with Crippen LogP contribution in [-0.4, -0.2) is 50.1 Å². The monoisotopic (exact) mass is 453 g/mol. The molecule has 2 aromatic carbocycles. The quantitative estimate of drug-likeness (QED) is 0.327. The smallest absolute Gasteiger partial charge is 0.317 e. The lowest BCUT2D eigenvalue weighted by atomic mass is 9.87. The highest BCUT2D eigenvalue weighted by atomic mass is 16.5. The number of hydrogen-bond acceptors (Lipinski definition) is 5. The van der Waals surface area contributed by atoms with Crippen molar-refractivity contribution in [1.29, 1.82) is 0 Å². The zero-order valence-electron chi connectivity index (χ0n) is 19.2. The van der Waals surface area contributed by atoms with Crippen LogP contribution in [0.3, 0.4) is 0 Å². The standard InChI is InChI=1S/C25H31N3O5/c1-3-33-24(30)8-5-12-27-25(31)28-13-11-22-21(18-6-4-7-20(14-18)32-2)10-9-19(15-26-17-29)23(22)16-28/h4,6-7,9-10,14,17H,3,5,8,11-13,15-16H2,1-2H3,(H,26,29)(H,27,31). The second-order valence-electron chi connectivity index (χ2n) is 7.77. The van der Waals surface area contributed by atoms with Crippen LogP contribution in [0.1, 0.15) is 36.5 Å². The lowest BCUT2D eigenvalue weighted by Crippen LogP contribution is -2.43. The van der Waals surface area contributed by atoms with Crippen molar-refractivity contribution >= 4 is 18.4 Å². The van der Waals surface area contributed by atoms with Crippen LogP contribution in [-0.2, 0) is 33.8 Å². The Balaban J connectivity index is 1.75. The normalized spacial score (nSPS) is 12.5. The predicted molar refractivity (Wildman–Crippen MR) is 125 cm³/mol. The van der Waals surface area contributed by atoms with Crippen LogP contribution in [0, 0.1) is 0 Å². The summed E-state index contributed by atoms with van der Waals surface area (Å²) in [6, 6.07) is 11.8. The largest absolute Gasteiger partial charge is 0.497 e. The van der Waals surface area contributed by atoms with Crippen LogP contribution in [0.15, 0.2) is 36.4 Å². The molecule has 0 fully saturated rings. The van der Waals surface area contributed by atoms with Crippen LogP contribution in [0.4, 0.5) is 4.79 Å². The fourth-order valence-electron chi connectivity index (χ4n) is 4.07. The Morgan fingerprint density at radius 1 is 1.18 bits per heavy atom. The van der Waals surface area contributed by atoms with E-state index < -0.39 is 0 Å². The second kappa shape index (κ2) is 11.9. The van der Waals surface area contributed by atoms with Crippen LogP contribution < -0.4 is 15.4 Å². The summed E-state index contributed by atoms with van der Waals surface area (Å²) in [5.41, 5.74) is 5.38. The summed E-state index contributed by atoms with van der Waals surface area (Å²) >= 11 is 0. The average Bonchev–Trinajstić information content (AvgIpc) is 2.84. The lowest BCUT2D eigenvalue weighted by Gasteiger charge is -2.32. The molecule has 0 unspecified atom stereocenters. The van der Waals surface area contributed by atoms with Gasteiger partial charge in [0.2, 0.25) is 6.41 Å². The molecule has 0 aromatic heterocycles. The molecular formula is C25H31N3O5. The van der Waals surface area contributed by atoms with Gasteiger partial charge in [-0.05, 0) is 59.7 Å². The molecular weight excluding hydrogens is 422 g/mol. The molecule has 8 heteroatoms. The SMILES string of the molecule is CCOC(=O)CCCNC(=O)N1CCc2c(-c3cccc(OC)c3)ccc(CNC=O)c2C1. The number of methoxy groups -OCH3 is 1. The van der Waals surface area contributed by atoms with E-state index in [9.17, 15) is 14.4 Å². The Kier molecular flexibility index (Phi) is 8.69. The number of carbonyl (C=O) groups excluding carboxylic acids is 3. The molecule has 2 aromatic rings. The van der Waals surface area contributed by atoms with Crippen molar-refractivity contribution in [2.75, 3.05) is 26.8 Å². The van der Waals surface area contributed by atoms with E-state index in [1.165, 1.54) is 5.56 Å². The second-order valence-corrected chi connectivity index (χ2v) is 7.77.